The average Bonchev–Trinajstić information content (AvgIpc) is 3.17. The summed E-state index contributed by atoms with van der Waals surface area (Å²) in [6.45, 7) is 9.47. The number of nitrogens with one attached hydrogen (secondary N) is 1. The Hall–Kier alpha value is -2.85. The Kier molecular flexibility index (Phi) is 8.92. The zero-order valence-corrected chi connectivity index (χ0v) is 25.4. The van der Waals surface area contributed by atoms with E-state index < -0.39 is 11.4 Å². The summed E-state index contributed by atoms with van der Waals surface area (Å²) in [7, 11) is 4.42. The molecule has 0 saturated carbocycles. The van der Waals surface area contributed by atoms with Crippen LogP contribution in [0.5, 0.6) is 17.2 Å². The molecular weight excluding hydrogens is 569 g/mol. The van der Waals surface area contributed by atoms with Crippen molar-refractivity contribution in [3.63, 3.8) is 0 Å². The minimum atomic E-state index is -0.713. The molecule has 2 aromatic carbocycles. The van der Waals surface area contributed by atoms with E-state index in [0.29, 0.717) is 37.1 Å². The van der Waals surface area contributed by atoms with E-state index in [2.05, 4.69) is 25.7 Å². The Morgan fingerprint density at radius 3 is 2.23 bits per heavy atom. The van der Waals surface area contributed by atoms with Gasteiger partial charge in [-0.05, 0) is 48.9 Å². The lowest BCUT2D eigenvalue weighted by atomic mass is 9.83. The number of hydrogen-bond donors (Lipinski definition) is 2. The van der Waals surface area contributed by atoms with Crippen LogP contribution in [0.15, 0.2) is 18.2 Å². The number of ether oxygens (including phenoxy) is 3. The fraction of sp³-hybridized carbons (Fsp3) is 0.517. The number of fused-ring (bicyclic) bond motifs is 1. The van der Waals surface area contributed by atoms with Gasteiger partial charge in [0.25, 0.3) is 0 Å². The first-order valence-electron chi connectivity index (χ1n) is 12.8. The van der Waals surface area contributed by atoms with Crippen LogP contribution in [-0.2, 0) is 12.0 Å². The van der Waals surface area contributed by atoms with Crippen molar-refractivity contribution in [2.45, 2.75) is 58.1 Å². The van der Waals surface area contributed by atoms with E-state index in [9.17, 15) is 9.90 Å². The SMILES string of the molecule is Br.COc1cc2c(c(F)c1OC)C(=N)N(CC(=O)c1cc(N3CCC(C)(O)CC3)c(OC)c(C(C)(C)C)c1)C2. The van der Waals surface area contributed by atoms with Gasteiger partial charge in [0, 0.05) is 30.8 Å². The van der Waals surface area contributed by atoms with E-state index >= 15 is 4.39 Å². The Morgan fingerprint density at radius 1 is 1.08 bits per heavy atom. The minimum absolute atomic E-state index is 0. The number of Topliss-reactive ketones (excluding diaryl/α,β-unsaturated/α-hetero) is 1. The molecule has 2 N–H and O–H groups in total. The third-order valence-corrected chi connectivity index (χ3v) is 7.53. The van der Waals surface area contributed by atoms with Gasteiger partial charge in [-0.25, -0.2) is 4.39 Å². The molecule has 8 nitrogen and oxygen atoms in total. The molecule has 0 bridgehead atoms. The molecule has 4 rings (SSSR count). The van der Waals surface area contributed by atoms with E-state index in [0.717, 1.165) is 17.0 Å². The van der Waals surface area contributed by atoms with E-state index in [1.807, 2.05) is 19.1 Å². The number of rotatable bonds is 7. The second kappa shape index (κ2) is 11.3. The lowest BCUT2D eigenvalue weighted by Crippen LogP contribution is -2.42. The van der Waals surface area contributed by atoms with Gasteiger partial charge in [0.05, 0.1) is 44.7 Å². The Labute approximate surface area is 240 Å². The van der Waals surface area contributed by atoms with Crippen LogP contribution in [0.3, 0.4) is 0 Å². The largest absolute Gasteiger partial charge is 0.494 e. The minimum Gasteiger partial charge on any atom is -0.494 e. The molecule has 0 radical (unpaired) electrons. The molecule has 0 aliphatic carbocycles. The molecule has 2 aliphatic rings. The van der Waals surface area contributed by atoms with E-state index in [1.54, 1.807) is 18.1 Å². The van der Waals surface area contributed by atoms with Crippen molar-refractivity contribution < 1.29 is 28.5 Å². The maximum absolute atomic E-state index is 15.2. The van der Waals surface area contributed by atoms with Crippen LogP contribution in [0.4, 0.5) is 10.1 Å². The van der Waals surface area contributed by atoms with Crippen molar-refractivity contribution in [1.29, 1.82) is 5.41 Å². The normalized spacial score (nSPS) is 16.5. The van der Waals surface area contributed by atoms with Crippen molar-refractivity contribution in [2.75, 3.05) is 45.9 Å². The highest BCUT2D eigenvalue weighted by Gasteiger charge is 2.35. The first-order chi connectivity index (χ1) is 17.8. The van der Waals surface area contributed by atoms with Gasteiger partial charge < -0.3 is 29.1 Å². The fourth-order valence-electron chi connectivity index (χ4n) is 5.23. The van der Waals surface area contributed by atoms with Crippen LogP contribution in [-0.4, -0.2) is 68.2 Å². The first-order valence-corrected chi connectivity index (χ1v) is 12.8. The molecule has 1 saturated heterocycles. The molecule has 214 valence electrons. The highest BCUT2D eigenvalue weighted by molar-refractivity contribution is 8.93. The molecule has 0 amide bonds. The van der Waals surface area contributed by atoms with Gasteiger partial charge in [-0.3, -0.25) is 10.2 Å². The van der Waals surface area contributed by atoms with E-state index in [-0.39, 0.29) is 64.2 Å². The van der Waals surface area contributed by atoms with Crippen LogP contribution in [0.1, 0.15) is 67.6 Å². The van der Waals surface area contributed by atoms with Gasteiger partial charge in [0.2, 0.25) is 0 Å². The maximum Gasteiger partial charge on any atom is 0.197 e. The Bertz CT molecular complexity index is 1260. The van der Waals surface area contributed by atoms with Crippen molar-refractivity contribution in [2.24, 2.45) is 0 Å². The Morgan fingerprint density at radius 2 is 1.69 bits per heavy atom. The number of carbonyl (C=O) groups excluding carboxylic acids is 1. The number of hydrogen-bond acceptors (Lipinski definition) is 7. The van der Waals surface area contributed by atoms with Crippen LogP contribution >= 0.6 is 17.0 Å². The van der Waals surface area contributed by atoms with Crippen molar-refractivity contribution >= 4 is 34.3 Å². The highest BCUT2D eigenvalue weighted by atomic mass is 79.9. The quantitative estimate of drug-likeness (QED) is 0.423. The summed E-state index contributed by atoms with van der Waals surface area (Å²) >= 11 is 0. The van der Waals surface area contributed by atoms with Crippen molar-refractivity contribution in [3.05, 3.63) is 46.3 Å². The second-order valence-electron chi connectivity index (χ2n) is 11.4. The smallest absolute Gasteiger partial charge is 0.197 e. The second-order valence-corrected chi connectivity index (χ2v) is 11.4. The number of ketones is 1. The Balaban J connectivity index is 0.00000420. The predicted molar refractivity (Wildman–Crippen MR) is 155 cm³/mol. The molecule has 1 fully saturated rings. The van der Waals surface area contributed by atoms with Crippen LogP contribution < -0.4 is 19.1 Å². The molecular formula is C29H39BrFN3O5. The molecule has 0 unspecified atom stereocenters. The van der Waals surface area contributed by atoms with Gasteiger partial charge in [-0.2, -0.15) is 0 Å². The first kappa shape index (κ1) is 30.7. The molecule has 2 heterocycles. The van der Waals surface area contributed by atoms with Crippen molar-refractivity contribution in [1.82, 2.24) is 4.90 Å². The van der Waals surface area contributed by atoms with Gasteiger partial charge in [-0.1, -0.05) is 20.8 Å². The number of nitrogens with zero attached hydrogens (tertiary/aromatic N) is 2. The summed E-state index contributed by atoms with van der Waals surface area (Å²) in [5.41, 5.74) is 1.91. The number of amidine groups is 1. The number of methoxy groups -OCH3 is 3. The third-order valence-electron chi connectivity index (χ3n) is 7.53. The van der Waals surface area contributed by atoms with E-state index in [4.69, 9.17) is 19.6 Å². The van der Waals surface area contributed by atoms with Crippen molar-refractivity contribution in [3.8, 4) is 17.2 Å². The topological polar surface area (TPSA) is 95.3 Å². The van der Waals surface area contributed by atoms with Gasteiger partial charge in [0.1, 0.15) is 11.6 Å². The van der Waals surface area contributed by atoms with Gasteiger partial charge in [-0.15, -0.1) is 17.0 Å². The average molecular weight is 609 g/mol. The number of benzene rings is 2. The summed E-state index contributed by atoms with van der Waals surface area (Å²) < 4.78 is 31.5. The zero-order chi connectivity index (χ0) is 28.0. The molecule has 2 aromatic rings. The summed E-state index contributed by atoms with van der Waals surface area (Å²) in [5, 5.41) is 19.1. The lowest BCUT2D eigenvalue weighted by molar-refractivity contribution is 0.0350. The number of anilines is 1. The predicted octanol–water partition coefficient (Wildman–Crippen LogP) is 5.10. The standard InChI is InChI=1S/C29H38FN3O5.BrH/c1-28(2,3)19-12-17(13-20(25(19)37-6)32-10-8-29(4,35)9-11-32)21(34)16-33-15-18-14-22(36-5)26(38-7)24(30)23(18)27(33)31;/h12-14,31,35H,8-11,15-16H2,1-7H3;1H. The lowest BCUT2D eigenvalue weighted by Gasteiger charge is -2.38. The highest BCUT2D eigenvalue weighted by Crippen LogP contribution is 2.42. The van der Waals surface area contributed by atoms with Gasteiger partial charge >= 0.3 is 0 Å². The third kappa shape index (κ3) is 5.87. The summed E-state index contributed by atoms with van der Waals surface area (Å²) in [6.07, 6.45) is 1.22. The monoisotopic (exact) mass is 607 g/mol. The van der Waals surface area contributed by atoms with Crippen LogP contribution in [0.2, 0.25) is 0 Å². The summed E-state index contributed by atoms with van der Waals surface area (Å²) in [5.74, 6) is 0.0111. The molecule has 39 heavy (non-hydrogen) atoms. The molecule has 2 aliphatic heterocycles. The number of aliphatic hydroxyl groups is 1. The molecule has 0 spiro atoms. The fourth-order valence-corrected chi connectivity index (χ4v) is 5.23. The molecule has 0 aromatic heterocycles. The number of carbonyl (C=O) groups is 1. The molecule has 0 atom stereocenters. The van der Waals surface area contributed by atoms with E-state index in [1.165, 1.54) is 14.2 Å². The van der Waals surface area contributed by atoms with Crippen LogP contribution in [0.25, 0.3) is 0 Å². The van der Waals surface area contributed by atoms with Gasteiger partial charge in [0.15, 0.2) is 23.1 Å². The number of piperidine rings is 1. The number of halogens is 2. The summed E-state index contributed by atoms with van der Waals surface area (Å²) in [4.78, 5) is 17.4. The zero-order valence-electron chi connectivity index (χ0n) is 23.7. The maximum atomic E-state index is 15.2. The van der Waals surface area contributed by atoms with Crippen LogP contribution in [0, 0.1) is 11.2 Å². The summed E-state index contributed by atoms with van der Waals surface area (Å²) in [6, 6.07) is 5.37. The molecule has 10 heteroatoms.